The van der Waals surface area contributed by atoms with Gasteiger partial charge in [0.2, 0.25) is 0 Å². The predicted octanol–water partition coefficient (Wildman–Crippen LogP) is 0.153. The van der Waals surface area contributed by atoms with Crippen molar-refractivity contribution in [2.45, 2.75) is 19.5 Å². The second kappa shape index (κ2) is 6.67. The van der Waals surface area contributed by atoms with Crippen molar-refractivity contribution >= 4 is 21.9 Å². The van der Waals surface area contributed by atoms with Crippen molar-refractivity contribution in [2.75, 3.05) is 20.8 Å². The van der Waals surface area contributed by atoms with Gasteiger partial charge >= 0.3 is 11.7 Å². The molecule has 0 saturated carbocycles. The van der Waals surface area contributed by atoms with Gasteiger partial charge in [0.25, 0.3) is 5.56 Å². The quantitative estimate of drug-likeness (QED) is 0.716. The first-order valence-electron chi connectivity index (χ1n) is 5.49. The molecular formula is C11H15BrN2O5. The van der Waals surface area contributed by atoms with Gasteiger partial charge in [0.1, 0.15) is 6.54 Å². The Morgan fingerprint density at radius 1 is 1.42 bits per heavy atom. The summed E-state index contributed by atoms with van der Waals surface area (Å²) >= 11 is 3.08. The van der Waals surface area contributed by atoms with Gasteiger partial charge < -0.3 is 9.47 Å². The minimum Gasteiger partial charge on any atom is -0.468 e. The van der Waals surface area contributed by atoms with E-state index >= 15 is 0 Å². The van der Waals surface area contributed by atoms with E-state index in [0.29, 0.717) is 0 Å². The first-order valence-corrected chi connectivity index (χ1v) is 6.28. The molecular weight excluding hydrogens is 320 g/mol. The van der Waals surface area contributed by atoms with Crippen LogP contribution < -0.4 is 11.2 Å². The molecule has 1 aromatic rings. The SMILES string of the molecule is COC[C@H](C)n1c(=O)c(Br)cn(CC(=O)OC)c1=O. The summed E-state index contributed by atoms with van der Waals surface area (Å²) in [5.74, 6) is -0.571. The number of nitrogens with zero attached hydrogens (tertiary/aromatic N) is 2. The molecule has 0 unspecified atom stereocenters. The van der Waals surface area contributed by atoms with Crippen LogP contribution in [0, 0.1) is 0 Å². The summed E-state index contributed by atoms with van der Waals surface area (Å²) in [6.07, 6.45) is 1.28. The van der Waals surface area contributed by atoms with E-state index in [1.807, 2.05) is 0 Å². The number of aromatic nitrogens is 2. The second-order valence-electron chi connectivity index (χ2n) is 3.94. The van der Waals surface area contributed by atoms with Gasteiger partial charge in [-0.15, -0.1) is 0 Å². The number of hydrogen-bond acceptors (Lipinski definition) is 5. The summed E-state index contributed by atoms with van der Waals surface area (Å²) in [6, 6.07) is -0.439. The minimum atomic E-state index is -0.580. The van der Waals surface area contributed by atoms with E-state index in [9.17, 15) is 14.4 Å². The van der Waals surface area contributed by atoms with Crippen LogP contribution in [0.2, 0.25) is 0 Å². The first kappa shape index (κ1) is 15.6. The van der Waals surface area contributed by atoms with Crippen LogP contribution in [-0.2, 0) is 20.8 Å². The average Bonchev–Trinajstić information content (AvgIpc) is 2.36. The van der Waals surface area contributed by atoms with E-state index in [-0.39, 0.29) is 17.6 Å². The van der Waals surface area contributed by atoms with Crippen molar-refractivity contribution in [3.05, 3.63) is 31.5 Å². The Bertz CT molecular complexity index is 577. The monoisotopic (exact) mass is 334 g/mol. The average molecular weight is 335 g/mol. The maximum Gasteiger partial charge on any atom is 0.331 e. The third kappa shape index (κ3) is 3.54. The molecule has 1 heterocycles. The largest absolute Gasteiger partial charge is 0.468 e. The summed E-state index contributed by atoms with van der Waals surface area (Å²) in [5, 5.41) is 0. The number of hydrogen-bond donors (Lipinski definition) is 0. The van der Waals surface area contributed by atoms with E-state index in [4.69, 9.17) is 4.74 Å². The standard InChI is InChI=1S/C11H15BrN2O5/c1-7(6-18-2)14-10(16)8(12)4-13(11(14)17)5-9(15)19-3/h4,7H,5-6H2,1-3H3/t7-/m0/s1. The maximum absolute atomic E-state index is 12.2. The zero-order valence-electron chi connectivity index (χ0n) is 10.9. The normalized spacial score (nSPS) is 12.2. The molecule has 0 fully saturated rings. The number of carbonyl (C=O) groups excluding carboxylic acids is 1. The Labute approximate surface area is 117 Å². The van der Waals surface area contributed by atoms with Gasteiger partial charge in [-0.25, -0.2) is 4.79 Å². The number of ether oxygens (including phenoxy) is 2. The maximum atomic E-state index is 12.2. The van der Waals surface area contributed by atoms with Crippen LogP contribution in [0.1, 0.15) is 13.0 Å². The molecule has 0 spiro atoms. The zero-order chi connectivity index (χ0) is 14.6. The van der Waals surface area contributed by atoms with Gasteiger partial charge in [0.05, 0.1) is 24.2 Å². The zero-order valence-corrected chi connectivity index (χ0v) is 12.5. The molecule has 0 radical (unpaired) electrons. The van der Waals surface area contributed by atoms with Crippen molar-refractivity contribution in [2.24, 2.45) is 0 Å². The summed E-state index contributed by atoms with van der Waals surface area (Å²) < 4.78 is 11.8. The summed E-state index contributed by atoms with van der Waals surface area (Å²) in [7, 11) is 2.71. The van der Waals surface area contributed by atoms with Crippen molar-refractivity contribution in [3.63, 3.8) is 0 Å². The molecule has 106 valence electrons. The molecule has 0 N–H and O–H groups in total. The van der Waals surface area contributed by atoms with Crippen molar-refractivity contribution in [1.29, 1.82) is 0 Å². The molecule has 0 aliphatic rings. The van der Waals surface area contributed by atoms with Crippen LogP contribution in [0.15, 0.2) is 20.3 Å². The fraction of sp³-hybridized carbons (Fsp3) is 0.545. The first-order chi connectivity index (χ1) is 8.92. The highest BCUT2D eigenvalue weighted by molar-refractivity contribution is 9.10. The number of carbonyl (C=O) groups is 1. The van der Waals surface area contributed by atoms with E-state index < -0.39 is 23.3 Å². The molecule has 0 amide bonds. The van der Waals surface area contributed by atoms with Gasteiger partial charge in [0, 0.05) is 13.3 Å². The Hall–Kier alpha value is -1.41. The van der Waals surface area contributed by atoms with Gasteiger partial charge in [0.15, 0.2) is 0 Å². The van der Waals surface area contributed by atoms with Crippen LogP contribution in [0.5, 0.6) is 0 Å². The molecule has 7 nitrogen and oxygen atoms in total. The third-order valence-corrected chi connectivity index (χ3v) is 3.06. The van der Waals surface area contributed by atoms with Gasteiger partial charge in [-0.2, -0.15) is 0 Å². The molecule has 0 aliphatic carbocycles. The number of halogens is 1. The van der Waals surface area contributed by atoms with E-state index in [0.717, 1.165) is 9.13 Å². The smallest absolute Gasteiger partial charge is 0.331 e. The van der Waals surface area contributed by atoms with E-state index in [2.05, 4.69) is 20.7 Å². The lowest BCUT2D eigenvalue weighted by molar-refractivity contribution is -0.141. The van der Waals surface area contributed by atoms with Crippen LogP contribution in [0.4, 0.5) is 0 Å². The van der Waals surface area contributed by atoms with Crippen LogP contribution in [0.25, 0.3) is 0 Å². The van der Waals surface area contributed by atoms with E-state index in [1.165, 1.54) is 20.4 Å². The Kier molecular flexibility index (Phi) is 5.49. The topological polar surface area (TPSA) is 79.5 Å². The lowest BCUT2D eigenvalue weighted by atomic mass is 10.3. The van der Waals surface area contributed by atoms with Crippen LogP contribution >= 0.6 is 15.9 Å². The lowest BCUT2D eigenvalue weighted by Gasteiger charge is -2.15. The number of rotatable bonds is 5. The molecule has 0 bridgehead atoms. The van der Waals surface area contributed by atoms with Crippen LogP contribution in [0.3, 0.4) is 0 Å². The Balaban J connectivity index is 3.34. The summed E-state index contributed by atoms with van der Waals surface area (Å²) in [6.45, 7) is 1.64. The summed E-state index contributed by atoms with van der Waals surface area (Å²) in [5.41, 5.74) is -1.04. The molecule has 1 rings (SSSR count). The van der Waals surface area contributed by atoms with Gasteiger partial charge in [-0.1, -0.05) is 0 Å². The third-order valence-electron chi connectivity index (χ3n) is 2.52. The minimum absolute atomic E-state index is 0.193. The van der Waals surface area contributed by atoms with Crippen molar-refractivity contribution in [3.8, 4) is 0 Å². The molecule has 1 atom stereocenters. The highest BCUT2D eigenvalue weighted by Crippen LogP contribution is 2.04. The fourth-order valence-electron chi connectivity index (χ4n) is 1.61. The predicted molar refractivity (Wildman–Crippen MR) is 71.3 cm³/mol. The fourth-order valence-corrected chi connectivity index (χ4v) is 2.05. The molecule has 8 heteroatoms. The molecule has 19 heavy (non-hydrogen) atoms. The lowest BCUT2D eigenvalue weighted by Crippen LogP contribution is -2.43. The van der Waals surface area contributed by atoms with Gasteiger partial charge in [-0.05, 0) is 22.9 Å². The Morgan fingerprint density at radius 3 is 2.58 bits per heavy atom. The van der Waals surface area contributed by atoms with Crippen molar-refractivity contribution in [1.82, 2.24) is 9.13 Å². The highest BCUT2D eigenvalue weighted by atomic mass is 79.9. The van der Waals surface area contributed by atoms with Gasteiger partial charge in [-0.3, -0.25) is 18.7 Å². The second-order valence-corrected chi connectivity index (χ2v) is 4.80. The number of methoxy groups -OCH3 is 2. The molecule has 0 aliphatic heterocycles. The number of esters is 1. The Morgan fingerprint density at radius 2 is 2.05 bits per heavy atom. The summed E-state index contributed by atoms with van der Waals surface area (Å²) in [4.78, 5) is 35.3. The molecule has 1 aromatic heterocycles. The molecule has 0 aromatic carbocycles. The highest BCUT2D eigenvalue weighted by Gasteiger charge is 2.16. The van der Waals surface area contributed by atoms with Crippen molar-refractivity contribution < 1.29 is 14.3 Å². The van der Waals surface area contributed by atoms with E-state index in [1.54, 1.807) is 6.92 Å². The molecule has 0 saturated heterocycles. The van der Waals surface area contributed by atoms with Crippen LogP contribution in [-0.4, -0.2) is 35.9 Å².